The van der Waals surface area contributed by atoms with E-state index in [9.17, 15) is 4.79 Å². The Hall–Kier alpha value is -3.21. The van der Waals surface area contributed by atoms with Crippen molar-refractivity contribution in [3.63, 3.8) is 0 Å². The molecule has 2 heterocycles. The number of hydrogen-bond donors (Lipinski definition) is 1. The average Bonchev–Trinajstić information content (AvgIpc) is 3.10. The lowest BCUT2D eigenvalue weighted by Crippen LogP contribution is -2.25. The van der Waals surface area contributed by atoms with Gasteiger partial charge in [-0.05, 0) is 30.5 Å². The van der Waals surface area contributed by atoms with Crippen LogP contribution in [0.2, 0.25) is 0 Å². The second kappa shape index (κ2) is 6.96. The molecule has 26 heavy (non-hydrogen) atoms. The van der Waals surface area contributed by atoms with Crippen LogP contribution in [0.15, 0.2) is 60.7 Å². The Morgan fingerprint density at radius 2 is 1.85 bits per heavy atom. The third kappa shape index (κ3) is 3.28. The first-order valence-corrected chi connectivity index (χ1v) is 8.74. The van der Waals surface area contributed by atoms with Gasteiger partial charge < -0.3 is 10.2 Å². The number of aromatic nitrogens is 2. The fraction of sp³-hybridized carbons (Fsp3) is 0.190. The van der Waals surface area contributed by atoms with Crippen LogP contribution in [-0.4, -0.2) is 22.4 Å². The van der Waals surface area contributed by atoms with Gasteiger partial charge in [-0.2, -0.15) is 0 Å². The smallest absolute Gasteiger partial charge is 0.270 e. The van der Waals surface area contributed by atoms with Gasteiger partial charge in [0.25, 0.3) is 5.91 Å². The standard InChI is InChI=1S/C21H20N4O/c1-15-23-18(21(26)22-14-16-7-3-2-4-8-16)13-20(24-15)25-12-11-17-9-5-6-10-19(17)25/h2-10,13H,11-12,14H2,1H3,(H,22,26). The second-order valence-electron chi connectivity index (χ2n) is 6.36. The van der Waals surface area contributed by atoms with E-state index < -0.39 is 0 Å². The average molecular weight is 344 g/mol. The predicted octanol–water partition coefficient (Wildman–Crippen LogP) is 3.41. The molecule has 1 N–H and O–H groups in total. The molecule has 0 saturated heterocycles. The monoisotopic (exact) mass is 344 g/mol. The van der Waals surface area contributed by atoms with Crippen LogP contribution in [0, 0.1) is 6.92 Å². The molecule has 2 aromatic carbocycles. The number of rotatable bonds is 4. The van der Waals surface area contributed by atoms with Crippen LogP contribution in [0.25, 0.3) is 0 Å². The van der Waals surface area contributed by atoms with Crippen molar-refractivity contribution in [2.75, 3.05) is 11.4 Å². The Morgan fingerprint density at radius 3 is 2.69 bits per heavy atom. The largest absolute Gasteiger partial charge is 0.347 e. The lowest BCUT2D eigenvalue weighted by Gasteiger charge is -2.19. The summed E-state index contributed by atoms with van der Waals surface area (Å²) in [7, 11) is 0. The van der Waals surface area contributed by atoms with Crippen molar-refractivity contribution in [2.45, 2.75) is 19.9 Å². The molecular formula is C21H20N4O. The zero-order chi connectivity index (χ0) is 17.9. The maximum Gasteiger partial charge on any atom is 0.270 e. The first-order chi connectivity index (χ1) is 12.7. The van der Waals surface area contributed by atoms with E-state index in [2.05, 4.69) is 38.4 Å². The molecule has 5 heteroatoms. The molecule has 1 amide bonds. The number of amides is 1. The molecule has 0 fully saturated rings. The van der Waals surface area contributed by atoms with Gasteiger partial charge in [0.15, 0.2) is 0 Å². The normalized spacial score (nSPS) is 12.7. The quantitative estimate of drug-likeness (QED) is 0.788. The highest BCUT2D eigenvalue weighted by Gasteiger charge is 2.22. The lowest BCUT2D eigenvalue weighted by atomic mass is 10.2. The summed E-state index contributed by atoms with van der Waals surface area (Å²) in [6.07, 6.45) is 0.981. The van der Waals surface area contributed by atoms with E-state index in [0.29, 0.717) is 18.1 Å². The zero-order valence-electron chi connectivity index (χ0n) is 14.6. The van der Waals surface area contributed by atoms with E-state index in [0.717, 1.165) is 30.0 Å². The lowest BCUT2D eigenvalue weighted by molar-refractivity contribution is 0.0945. The van der Waals surface area contributed by atoms with Crippen LogP contribution >= 0.6 is 0 Å². The van der Waals surface area contributed by atoms with Gasteiger partial charge in [0, 0.05) is 24.8 Å². The van der Waals surface area contributed by atoms with E-state index >= 15 is 0 Å². The minimum atomic E-state index is -0.187. The van der Waals surface area contributed by atoms with E-state index in [4.69, 9.17) is 0 Å². The molecule has 1 aliphatic heterocycles. The molecule has 0 atom stereocenters. The summed E-state index contributed by atoms with van der Waals surface area (Å²) >= 11 is 0. The van der Waals surface area contributed by atoms with Crippen molar-refractivity contribution in [1.82, 2.24) is 15.3 Å². The Balaban J connectivity index is 1.56. The van der Waals surface area contributed by atoms with Gasteiger partial charge in [0.1, 0.15) is 17.3 Å². The van der Waals surface area contributed by atoms with Gasteiger partial charge in [-0.15, -0.1) is 0 Å². The van der Waals surface area contributed by atoms with Crippen LogP contribution in [0.3, 0.4) is 0 Å². The molecular weight excluding hydrogens is 324 g/mol. The highest BCUT2D eigenvalue weighted by Crippen LogP contribution is 2.33. The van der Waals surface area contributed by atoms with Crippen molar-refractivity contribution in [3.05, 3.63) is 83.3 Å². The number of nitrogens with zero attached hydrogens (tertiary/aromatic N) is 3. The molecule has 1 aliphatic rings. The van der Waals surface area contributed by atoms with E-state index in [1.54, 1.807) is 6.07 Å². The molecule has 130 valence electrons. The summed E-state index contributed by atoms with van der Waals surface area (Å²) in [6, 6.07) is 19.9. The second-order valence-corrected chi connectivity index (χ2v) is 6.36. The van der Waals surface area contributed by atoms with Gasteiger partial charge >= 0.3 is 0 Å². The first-order valence-electron chi connectivity index (χ1n) is 8.74. The number of nitrogens with one attached hydrogen (secondary N) is 1. The van der Waals surface area contributed by atoms with Gasteiger partial charge in [-0.1, -0.05) is 48.5 Å². The van der Waals surface area contributed by atoms with E-state index in [1.807, 2.05) is 43.3 Å². The van der Waals surface area contributed by atoms with Crippen LogP contribution in [0.5, 0.6) is 0 Å². The Bertz CT molecular complexity index is 940. The summed E-state index contributed by atoms with van der Waals surface area (Å²) < 4.78 is 0. The third-order valence-corrected chi connectivity index (χ3v) is 4.52. The number of carbonyl (C=O) groups excluding carboxylic acids is 1. The van der Waals surface area contributed by atoms with Gasteiger partial charge in [-0.3, -0.25) is 4.79 Å². The van der Waals surface area contributed by atoms with Gasteiger partial charge in [0.2, 0.25) is 0 Å². The topological polar surface area (TPSA) is 58.1 Å². The number of hydrogen-bond acceptors (Lipinski definition) is 4. The Labute approximate surface area is 152 Å². The summed E-state index contributed by atoms with van der Waals surface area (Å²) in [6.45, 7) is 3.16. The highest BCUT2D eigenvalue weighted by molar-refractivity contribution is 5.93. The maximum atomic E-state index is 12.6. The molecule has 1 aromatic heterocycles. The Morgan fingerprint density at radius 1 is 1.08 bits per heavy atom. The number of carbonyl (C=O) groups is 1. The third-order valence-electron chi connectivity index (χ3n) is 4.52. The number of benzene rings is 2. The summed E-state index contributed by atoms with van der Waals surface area (Å²) in [5.74, 6) is 1.18. The van der Waals surface area contributed by atoms with Crippen molar-refractivity contribution in [2.24, 2.45) is 0 Å². The van der Waals surface area contributed by atoms with Gasteiger partial charge in [0.05, 0.1) is 0 Å². The minimum Gasteiger partial charge on any atom is -0.347 e. The molecule has 0 radical (unpaired) electrons. The first kappa shape index (κ1) is 16.3. The number of anilines is 2. The van der Waals surface area contributed by atoms with Crippen LogP contribution in [0.4, 0.5) is 11.5 Å². The Kier molecular flexibility index (Phi) is 4.35. The number of para-hydroxylation sites is 1. The van der Waals surface area contributed by atoms with Crippen molar-refractivity contribution in [3.8, 4) is 0 Å². The van der Waals surface area contributed by atoms with E-state index in [1.165, 1.54) is 5.56 Å². The molecule has 0 spiro atoms. The van der Waals surface area contributed by atoms with Crippen LogP contribution in [-0.2, 0) is 13.0 Å². The molecule has 0 saturated carbocycles. The predicted molar refractivity (Wildman–Crippen MR) is 102 cm³/mol. The van der Waals surface area contributed by atoms with Crippen molar-refractivity contribution >= 4 is 17.4 Å². The summed E-state index contributed by atoms with van der Waals surface area (Å²) in [5.41, 5.74) is 3.91. The fourth-order valence-electron chi connectivity index (χ4n) is 3.25. The van der Waals surface area contributed by atoms with Crippen LogP contribution < -0.4 is 10.2 Å². The number of fused-ring (bicyclic) bond motifs is 1. The SMILES string of the molecule is Cc1nc(C(=O)NCc2ccccc2)cc(N2CCc3ccccc32)n1. The molecule has 5 nitrogen and oxygen atoms in total. The fourth-order valence-corrected chi connectivity index (χ4v) is 3.25. The summed E-state index contributed by atoms with van der Waals surface area (Å²) in [4.78, 5) is 23.6. The van der Waals surface area contributed by atoms with E-state index in [-0.39, 0.29) is 5.91 Å². The van der Waals surface area contributed by atoms with Gasteiger partial charge in [-0.25, -0.2) is 9.97 Å². The maximum absolute atomic E-state index is 12.6. The summed E-state index contributed by atoms with van der Waals surface area (Å²) in [5, 5.41) is 2.93. The molecule has 0 unspecified atom stereocenters. The molecule has 0 aliphatic carbocycles. The van der Waals surface area contributed by atoms with Crippen molar-refractivity contribution in [1.29, 1.82) is 0 Å². The molecule has 0 bridgehead atoms. The van der Waals surface area contributed by atoms with Crippen LogP contribution in [0.1, 0.15) is 27.4 Å². The van der Waals surface area contributed by atoms with Crippen molar-refractivity contribution < 1.29 is 4.79 Å². The molecule has 3 aromatic rings. The minimum absolute atomic E-state index is 0.187. The number of aryl methyl sites for hydroxylation is 1. The molecule has 4 rings (SSSR count). The highest BCUT2D eigenvalue weighted by atomic mass is 16.1. The zero-order valence-corrected chi connectivity index (χ0v) is 14.6.